The third kappa shape index (κ3) is 4.42. The van der Waals surface area contributed by atoms with Gasteiger partial charge in [-0.15, -0.1) is 0 Å². The van der Waals surface area contributed by atoms with Crippen molar-refractivity contribution in [1.82, 2.24) is 0 Å². The Kier molecular flexibility index (Phi) is 5.16. The highest BCUT2D eigenvalue weighted by molar-refractivity contribution is 5.96. The van der Waals surface area contributed by atoms with Crippen LogP contribution in [0.25, 0.3) is 0 Å². The van der Waals surface area contributed by atoms with Crippen LogP contribution < -0.4 is 10.6 Å². The molecule has 1 aromatic carbocycles. The molecular weight excluding hydrogens is 296 g/mol. The Hall–Kier alpha value is -2.63. The fourth-order valence-electron chi connectivity index (χ4n) is 2.69. The van der Waals surface area contributed by atoms with Crippen LogP contribution in [0.1, 0.15) is 26.7 Å². The van der Waals surface area contributed by atoms with Gasteiger partial charge in [0.2, 0.25) is 11.8 Å². The summed E-state index contributed by atoms with van der Waals surface area (Å²) in [5.41, 5.74) is 2.24. The molecular formula is C17H20N2O4. The number of anilines is 2. The van der Waals surface area contributed by atoms with Gasteiger partial charge in [0.05, 0.1) is 11.8 Å². The highest BCUT2D eigenvalue weighted by atomic mass is 16.4. The van der Waals surface area contributed by atoms with E-state index in [2.05, 4.69) is 10.6 Å². The van der Waals surface area contributed by atoms with E-state index in [0.717, 1.165) is 5.57 Å². The summed E-state index contributed by atoms with van der Waals surface area (Å²) >= 11 is 0. The maximum absolute atomic E-state index is 12.4. The van der Waals surface area contributed by atoms with Crippen molar-refractivity contribution in [2.75, 3.05) is 10.6 Å². The van der Waals surface area contributed by atoms with Gasteiger partial charge < -0.3 is 15.7 Å². The number of carbonyl (C=O) groups excluding carboxylic acids is 2. The molecule has 1 aliphatic rings. The number of amides is 2. The van der Waals surface area contributed by atoms with Crippen LogP contribution in [0.5, 0.6) is 0 Å². The van der Waals surface area contributed by atoms with Crippen LogP contribution in [0.3, 0.4) is 0 Å². The monoisotopic (exact) mass is 316 g/mol. The first-order chi connectivity index (χ1) is 10.9. The lowest BCUT2D eigenvalue weighted by Gasteiger charge is -2.26. The summed E-state index contributed by atoms with van der Waals surface area (Å²) in [6.45, 7) is 3.32. The molecule has 0 spiro atoms. The summed E-state index contributed by atoms with van der Waals surface area (Å²) in [5.74, 6) is -2.69. The van der Waals surface area contributed by atoms with Crippen molar-refractivity contribution in [3.8, 4) is 0 Å². The van der Waals surface area contributed by atoms with E-state index in [4.69, 9.17) is 0 Å². The van der Waals surface area contributed by atoms with Gasteiger partial charge >= 0.3 is 5.97 Å². The summed E-state index contributed by atoms with van der Waals surface area (Å²) in [6, 6.07) is 6.70. The van der Waals surface area contributed by atoms with E-state index < -0.39 is 17.8 Å². The van der Waals surface area contributed by atoms with E-state index in [-0.39, 0.29) is 11.8 Å². The molecule has 0 unspecified atom stereocenters. The number of hydrogen-bond donors (Lipinski definition) is 3. The van der Waals surface area contributed by atoms with Gasteiger partial charge in [-0.2, -0.15) is 0 Å². The van der Waals surface area contributed by atoms with Gasteiger partial charge in [-0.25, -0.2) is 0 Å². The van der Waals surface area contributed by atoms with E-state index in [1.807, 2.05) is 13.0 Å². The van der Waals surface area contributed by atoms with Crippen molar-refractivity contribution in [2.24, 2.45) is 11.8 Å². The summed E-state index contributed by atoms with van der Waals surface area (Å²) < 4.78 is 0. The van der Waals surface area contributed by atoms with Crippen LogP contribution in [0, 0.1) is 11.8 Å². The lowest BCUT2D eigenvalue weighted by Crippen LogP contribution is -2.35. The molecule has 2 amide bonds. The normalized spacial score (nSPS) is 20.3. The standard InChI is InChI=1S/C17H20N2O4/c1-10-3-8-14(17(22)23)15(9-10)16(21)19-13-6-4-12(5-7-13)18-11(2)20/h3-7,14-15H,8-9H2,1-2H3,(H,18,20)(H,19,21)(H,22,23)/t14-,15+/m1/s1. The molecule has 0 aliphatic heterocycles. The van der Waals surface area contributed by atoms with Crippen molar-refractivity contribution < 1.29 is 19.5 Å². The van der Waals surface area contributed by atoms with Crippen molar-refractivity contribution in [1.29, 1.82) is 0 Å². The Balaban J connectivity index is 2.06. The second-order valence-electron chi connectivity index (χ2n) is 5.79. The van der Waals surface area contributed by atoms with E-state index in [1.54, 1.807) is 24.3 Å². The Morgan fingerprint density at radius 2 is 1.61 bits per heavy atom. The summed E-state index contributed by atoms with van der Waals surface area (Å²) in [5, 5.41) is 14.7. The van der Waals surface area contributed by atoms with Gasteiger partial charge in [0.15, 0.2) is 0 Å². The molecule has 0 aromatic heterocycles. The second kappa shape index (κ2) is 7.09. The SMILES string of the molecule is CC(=O)Nc1ccc(NC(=O)[C@H]2CC(C)=CC[C@H]2C(=O)O)cc1. The molecule has 0 bridgehead atoms. The van der Waals surface area contributed by atoms with Gasteiger partial charge in [-0.3, -0.25) is 14.4 Å². The minimum absolute atomic E-state index is 0.171. The minimum Gasteiger partial charge on any atom is -0.481 e. The van der Waals surface area contributed by atoms with Crippen LogP contribution in [0.2, 0.25) is 0 Å². The fraction of sp³-hybridized carbons (Fsp3) is 0.353. The van der Waals surface area contributed by atoms with Gasteiger partial charge in [-0.05, 0) is 44.0 Å². The number of nitrogens with one attached hydrogen (secondary N) is 2. The first-order valence-corrected chi connectivity index (χ1v) is 7.44. The Morgan fingerprint density at radius 1 is 1.04 bits per heavy atom. The molecule has 122 valence electrons. The first-order valence-electron chi connectivity index (χ1n) is 7.44. The topological polar surface area (TPSA) is 95.5 Å². The maximum Gasteiger partial charge on any atom is 0.307 e. The number of allylic oxidation sites excluding steroid dienone is 2. The molecule has 23 heavy (non-hydrogen) atoms. The van der Waals surface area contributed by atoms with E-state index in [1.165, 1.54) is 6.92 Å². The molecule has 2 atom stereocenters. The minimum atomic E-state index is -0.949. The number of carboxylic acids is 1. The van der Waals surface area contributed by atoms with E-state index >= 15 is 0 Å². The third-order valence-corrected chi connectivity index (χ3v) is 3.87. The average molecular weight is 316 g/mol. The average Bonchev–Trinajstić information content (AvgIpc) is 2.48. The van der Waals surface area contributed by atoms with E-state index in [0.29, 0.717) is 24.2 Å². The molecule has 2 rings (SSSR count). The summed E-state index contributed by atoms with van der Waals surface area (Å²) in [4.78, 5) is 34.7. The molecule has 0 saturated heterocycles. The molecule has 1 aliphatic carbocycles. The predicted molar refractivity (Wildman–Crippen MR) is 87.0 cm³/mol. The largest absolute Gasteiger partial charge is 0.481 e. The quantitative estimate of drug-likeness (QED) is 0.744. The molecule has 0 radical (unpaired) electrons. The maximum atomic E-state index is 12.4. The Bertz CT molecular complexity index is 649. The van der Waals surface area contributed by atoms with Gasteiger partial charge in [-0.1, -0.05) is 11.6 Å². The lowest BCUT2D eigenvalue weighted by atomic mass is 9.79. The van der Waals surface area contributed by atoms with Crippen LogP contribution in [0.4, 0.5) is 11.4 Å². The number of carboxylic acid groups (broad SMARTS) is 1. The number of carbonyl (C=O) groups is 3. The van der Waals surface area contributed by atoms with Crippen molar-refractivity contribution in [3.05, 3.63) is 35.9 Å². The van der Waals surface area contributed by atoms with E-state index in [9.17, 15) is 19.5 Å². The van der Waals surface area contributed by atoms with Gasteiger partial charge in [0.25, 0.3) is 0 Å². The molecule has 0 fully saturated rings. The Morgan fingerprint density at radius 3 is 2.13 bits per heavy atom. The number of benzene rings is 1. The van der Waals surface area contributed by atoms with Crippen molar-refractivity contribution in [2.45, 2.75) is 26.7 Å². The number of aliphatic carboxylic acids is 1. The third-order valence-electron chi connectivity index (χ3n) is 3.87. The number of hydrogen-bond acceptors (Lipinski definition) is 3. The summed E-state index contributed by atoms with van der Waals surface area (Å²) in [6.07, 6.45) is 2.71. The molecule has 0 saturated carbocycles. The second-order valence-corrected chi connectivity index (χ2v) is 5.79. The molecule has 1 aromatic rings. The smallest absolute Gasteiger partial charge is 0.307 e. The molecule has 6 nitrogen and oxygen atoms in total. The fourth-order valence-corrected chi connectivity index (χ4v) is 2.69. The van der Waals surface area contributed by atoms with Crippen LogP contribution in [0.15, 0.2) is 35.9 Å². The zero-order valence-electron chi connectivity index (χ0n) is 13.1. The van der Waals surface area contributed by atoms with Crippen molar-refractivity contribution in [3.63, 3.8) is 0 Å². The predicted octanol–water partition coefficient (Wildman–Crippen LogP) is 2.64. The van der Waals surface area contributed by atoms with Crippen LogP contribution >= 0.6 is 0 Å². The zero-order chi connectivity index (χ0) is 17.0. The zero-order valence-corrected chi connectivity index (χ0v) is 13.1. The molecule has 6 heteroatoms. The highest BCUT2D eigenvalue weighted by Gasteiger charge is 2.35. The van der Waals surface area contributed by atoms with Gasteiger partial charge in [0.1, 0.15) is 0 Å². The van der Waals surface area contributed by atoms with Crippen LogP contribution in [-0.2, 0) is 14.4 Å². The number of rotatable bonds is 4. The van der Waals surface area contributed by atoms with Crippen molar-refractivity contribution >= 4 is 29.2 Å². The Labute approximate surface area is 134 Å². The first kappa shape index (κ1) is 16.7. The summed E-state index contributed by atoms with van der Waals surface area (Å²) in [7, 11) is 0. The molecule has 0 heterocycles. The van der Waals surface area contributed by atoms with Gasteiger partial charge in [0, 0.05) is 18.3 Å². The van der Waals surface area contributed by atoms with Crippen LogP contribution in [-0.4, -0.2) is 22.9 Å². The molecule has 3 N–H and O–H groups in total. The lowest BCUT2D eigenvalue weighted by molar-refractivity contribution is -0.146. The highest BCUT2D eigenvalue weighted by Crippen LogP contribution is 2.31.